The minimum Gasteiger partial charge on any atom is -0.506 e. The van der Waals surface area contributed by atoms with Crippen LogP contribution >= 0.6 is 0 Å². The standard InChI is InChI=1S/C20H14N2O7S2.Ba/c23-18-10-6-13-11-14(30(24,25)26)7-8-15(13)19(18)22-21-17-9-5-12-3-1-2-4-16(12)20(17)31(27,28)29;/h1-11,23H,(H,24,25,26)(H,27,28,29);. The molecular formula is C20H14BaN2O7S2. The van der Waals surface area contributed by atoms with Gasteiger partial charge < -0.3 is 5.11 Å². The number of aromatic hydroxyl groups is 1. The zero-order chi connectivity index (χ0) is 22.4. The van der Waals surface area contributed by atoms with Crippen LogP contribution < -0.4 is 0 Å². The van der Waals surface area contributed by atoms with Crippen LogP contribution in [0.1, 0.15) is 0 Å². The van der Waals surface area contributed by atoms with E-state index in [0.717, 1.165) is 6.07 Å². The molecule has 0 aliphatic carbocycles. The van der Waals surface area contributed by atoms with Crippen molar-refractivity contribution in [2.75, 3.05) is 0 Å². The third-order valence-corrected chi connectivity index (χ3v) is 6.41. The fourth-order valence-corrected chi connectivity index (χ4v) is 4.58. The third-order valence-electron chi connectivity index (χ3n) is 4.61. The molecule has 0 aromatic heterocycles. The molecule has 4 rings (SSSR count). The molecule has 0 aliphatic heterocycles. The molecule has 2 radical (unpaired) electrons. The molecule has 0 heterocycles. The SMILES string of the molecule is O=S(=O)(O)c1ccc2c(N=Nc3ccc4ccccc4c3S(=O)(=O)O)c(O)ccc2c1.[Ba]. The predicted molar refractivity (Wildman–Crippen MR) is 119 cm³/mol. The van der Waals surface area contributed by atoms with E-state index >= 15 is 0 Å². The molecule has 0 aliphatic rings. The van der Waals surface area contributed by atoms with Crippen LogP contribution in [0.2, 0.25) is 0 Å². The van der Waals surface area contributed by atoms with E-state index in [1.54, 1.807) is 24.3 Å². The Labute approximate surface area is 223 Å². The van der Waals surface area contributed by atoms with Crippen molar-refractivity contribution in [2.45, 2.75) is 9.79 Å². The first kappa shape index (κ1) is 24.8. The molecule has 0 atom stereocenters. The third kappa shape index (κ3) is 4.90. The molecule has 0 saturated heterocycles. The molecule has 0 spiro atoms. The van der Waals surface area contributed by atoms with Gasteiger partial charge in [-0.25, -0.2) is 0 Å². The average Bonchev–Trinajstić information content (AvgIpc) is 2.70. The number of hydrogen-bond donors (Lipinski definition) is 3. The largest absolute Gasteiger partial charge is 0.506 e. The predicted octanol–water partition coefficient (Wildman–Crippen LogP) is 4.23. The van der Waals surface area contributed by atoms with Crippen molar-refractivity contribution in [3.63, 3.8) is 0 Å². The normalized spacial score (nSPS) is 12.3. The van der Waals surface area contributed by atoms with Crippen LogP contribution in [-0.4, -0.2) is 79.9 Å². The summed E-state index contributed by atoms with van der Waals surface area (Å²) in [6.07, 6.45) is 0. The van der Waals surface area contributed by atoms with E-state index < -0.39 is 25.1 Å². The summed E-state index contributed by atoms with van der Waals surface area (Å²) < 4.78 is 65.7. The fourth-order valence-electron chi connectivity index (χ4n) is 3.23. The van der Waals surface area contributed by atoms with Crippen molar-refractivity contribution < 1.29 is 31.0 Å². The number of nitrogens with zero attached hydrogens (tertiary/aromatic N) is 2. The monoisotopic (exact) mass is 596 g/mol. The van der Waals surface area contributed by atoms with Crippen LogP contribution in [0.15, 0.2) is 86.7 Å². The molecular weight excluding hydrogens is 582 g/mol. The number of fused-ring (bicyclic) bond motifs is 2. The molecule has 0 saturated carbocycles. The maximum absolute atomic E-state index is 12.0. The zero-order valence-corrected chi connectivity index (χ0v) is 22.3. The number of benzene rings is 4. The van der Waals surface area contributed by atoms with Crippen LogP contribution in [0, 0.1) is 0 Å². The van der Waals surface area contributed by atoms with Gasteiger partial charge in [-0.1, -0.05) is 42.5 Å². The number of phenols is 1. The van der Waals surface area contributed by atoms with Crippen molar-refractivity contribution >= 4 is 102 Å². The van der Waals surface area contributed by atoms with Gasteiger partial charge in [-0.3, -0.25) is 9.11 Å². The molecule has 3 N–H and O–H groups in total. The summed E-state index contributed by atoms with van der Waals surface area (Å²) in [5.41, 5.74) is -0.194. The van der Waals surface area contributed by atoms with Crippen molar-refractivity contribution in [3.8, 4) is 5.75 Å². The Hall–Kier alpha value is -1.81. The van der Waals surface area contributed by atoms with Gasteiger partial charge in [0, 0.05) is 59.7 Å². The van der Waals surface area contributed by atoms with Gasteiger partial charge in [0.2, 0.25) is 0 Å². The maximum atomic E-state index is 12.0. The average molecular weight is 596 g/mol. The van der Waals surface area contributed by atoms with E-state index in [1.807, 2.05) is 0 Å². The van der Waals surface area contributed by atoms with Crippen molar-refractivity contribution in [3.05, 3.63) is 66.7 Å². The van der Waals surface area contributed by atoms with Gasteiger partial charge in [0.25, 0.3) is 20.2 Å². The minimum atomic E-state index is -4.65. The summed E-state index contributed by atoms with van der Waals surface area (Å²) in [6.45, 7) is 0. The van der Waals surface area contributed by atoms with Gasteiger partial charge in [-0.15, -0.1) is 10.2 Å². The minimum absolute atomic E-state index is 0. The molecule has 9 nitrogen and oxygen atoms in total. The van der Waals surface area contributed by atoms with Gasteiger partial charge in [0.05, 0.1) is 4.90 Å². The number of hydrogen-bond acceptors (Lipinski definition) is 7. The quantitative estimate of drug-likeness (QED) is 0.181. The Morgan fingerprint density at radius 1 is 0.688 bits per heavy atom. The number of phenolic OH excluding ortho intramolecular Hbond substituents is 1. The van der Waals surface area contributed by atoms with Gasteiger partial charge >= 0.3 is 0 Å². The van der Waals surface area contributed by atoms with Crippen molar-refractivity contribution in [2.24, 2.45) is 10.2 Å². The first-order chi connectivity index (χ1) is 14.6. The van der Waals surface area contributed by atoms with E-state index in [1.165, 1.54) is 36.4 Å². The second-order valence-electron chi connectivity index (χ2n) is 6.60. The first-order valence-electron chi connectivity index (χ1n) is 8.70. The van der Waals surface area contributed by atoms with Crippen LogP contribution in [0.3, 0.4) is 0 Å². The first-order valence-corrected chi connectivity index (χ1v) is 11.6. The Morgan fingerprint density at radius 3 is 2.06 bits per heavy atom. The van der Waals surface area contributed by atoms with E-state index in [0.29, 0.717) is 16.2 Å². The molecule has 0 unspecified atom stereocenters. The van der Waals surface area contributed by atoms with E-state index in [9.17, 15) is 31.0 Å². The Kier molecular flexibility index (Phi) is 7.14. The molecule has 32 heavy (non-hydrogen) atoms. The summed E-state index contributed by atoms with van der Waals surface area (Å²) in [7, 11) is -9.08. The summed E-state index contributed by atoms with van der Waals surface area (Å²) in [4.78, 5) is -0.764. The molecule has 12 heteroatoms. The summed E-state index contributed by atoms with van der Waals surface area (Å²) in [5.74, 6) is -0.287. The summed E-state index contributed by atoms with van der Waals surface area (Å²) >= 11 is 0. The molecule has 4 aromatic rings. The van der Waals surface area contributed by atoms with Crippen LogP contribution in [0.5, 0.6) is 5.75 Å². The van der Waals surface area contributed by atoms with Crippen LogP contribution in [0.25, 0.3) is 21.5 Å². The Balaban J connectivity index is 0.00000289. The van der Waals surface area contributed by atoms with E-state index in [4.69, 9.17) is 0 Å². The molecule has 0 amide bonds. The topological polar surface area (TPSA) is 154 Å². The second-order valence-corrected chi connectivity index (χ2v) is 9.38. The summed E-state index contributed by atoms with van der Waals surface area (Å²) in [6, 6.07) is 15.8. The molecule has 0 fully saturated rings. The van der Waals surface area contributed by atoms with Gasteiger partial charge in [0.1, 0.15) is 22.0 Å². The van der Waals surface area contributed by atoms with Crippen molar-refractivity contribution in [1.29, 1.82) is 0 Å². The smallest absolute Gasteiger partial charge is 0.297 e. The molecule has 4 aromatic carbocycles. The maximum Gasteiger partial charge on any atom is 0.297 e. The van der Waals surface area contributed by atoms with Gasteiger partial charge in [-0.05, 0) is 35.0 Å². The van der Waals surface area contributed by atoms with Crippen LogP contribution in [0.4, 0.5) is 11.4 Å². The van der Waals surface area contributed by atoms with Gasteiger partial charge in [0.15, 0.2) is 0 Å². The summed E-state index contributed by atoms with van der Waals surface area (Å²) in [5, 5.41) is 19.6. The van der Waals surface area contributed by atoms with Crippen molar-refractivity contribution in [1.82, 2.24) is 0 Å². The van der Waals surface area contributed by atoms with E-state index in [2.05, 4.69) is 10.2 Å². The number of azo groups is 1. The Bertz CT molecular complexity index is 1600. The second kappa shape index (κ2) is 9.21. The Morgan fingerprint density at radius 2 is 1.38 bits per heavy atom. The van der Waals surface area contributed by atoms with Crippen LogP contribution in [-0.2, 0) is 20.2 Å². The molecule has 160 valence electrons. The van der Waals surface area contributed by atoms with E-state index in [-0.39, 0.29) is 76.3 Å². The fraction of sp³-hybridized carbons (Fsp3) is 0. The zero-order valence-electron chi connectivity index (χ0n) is 16.2. The number of rotatable bonds is 4. The molecule has 0 bridgehead atoms. The van der Waals surface area contributed by atoms with Gasteiger partial charge in [-0.2, -0.15) is 16.8 Å².